The Bertz CT molecular complexity index is 826. The van der Waals surface area contributed by atoms with Gasteiger partial charge in [-0.25, -0.2) is 4.79 Å². The van der Waals surface area contributed by atoms with Gasteiger partial charge >= 0.3 is 5.97 Å². The zero-order chi connectivity index (χ0) is 17.4. The van der Waals surface area contributed by atoms with Crippen LogP contribution in [0.5, 0.6) is 0 Å². The number of hydrogen-bond donors (Lipinski definition) is 1. The summed E-state index contributed by atoms with van der Waals surface area (Å²) < 4.78 is 4.91. The van der Waals surface area contributed by atoms with E-state index >= 15 is 0 Å². The van der Waals surface area contributed by atoms with Crippen molar-refractivity contribution in [3.63, 3.8) is 0 Å². The lowest BCUT2D eigenvalue weighted by Gasteiger charge is -2.16. The average molecular weight is 344 g/mol. The quantitative estimate of drug-likeness (QED) is 0.868. The molecule has 5 nitrogen and oxygen atoms in total. The van der Waals surface area contributed by atoms with E-state index in [9.17, 15) is 9.59 Å². The number of nitrogens with two attached hydrogens (primary N) is 1. The number of fused-ring (bicyclic) bond motifs is 1. The Kier molecular flexibility index (Phi) is 4.32. The van der Waals surface area contributed by atoms with Gasteiger partial charge in [-0.2, -0.15) is 0 Å². The van der Waals surface area contributed by atoms with E-state index in [1.54, 1.807) is 11.8 Å². The van der Waals surface area contributed by atoms with Crippen LogP contribution in [-0.4, -0.2) is 25.5 Å². The molecule has 1 aromatic heterocycles. The van der Waals surface area contributed by atoms with Gasteiger partial charge in [-0.3, -0.25) is 4.79 Å². The Hall–Kier alpha value is -2.34. The Balaban J connectivity index is 2.18. The van der Waals surface area contributed by atoms with E-state index in [1.807, 2.05) is 25.1 Å². The van der Waals surface area contributed by atoms with Gasteiger partial charge in [0.25, 0.3) is 0 Å². The fourth-order valence-corrected chi connectivity index (χ4v) is 4.24. The molecule has 3 rings (SSSR count). The highest BCUT2D eigenvalue weighted by Crippen LogP contribution is 2.42. The number of nitrogens with zero attached hydrogens (tertiary/aromatic N) is 1. The van der Waals surface area contributed by atoms with E-state index < -0.39 is 5.97 Å². The van der Waals surface area contributed by atoms with Crippen molar-refractivity contribution in [3.05, 3.63) is 34.2 Å². The maximum absolute atomic E-state index is 12.2. The van der Waals surface area contributed by atoms with E-state index in [-0.39, 0.29) is 5.91 Å². The number of rotatable bonds is 3. The summed E-state index contributed by atoms with van der Waals surface area (Å²) in [6.07, 6.45) is 1.63. The van der Waals surface area contributed by atoms with E-state index in [0.717, 1.165) is 40.1 Å². The Labute approximate surface area is 145 Å². The van der Waals surface area contributed by atoms with Crippen molar-refractivity contribution >= 4 is 33.9 Å². The summed E-state index contributed by atoms with van der Waals surface area (Å²) in [7, 11) is 1.36. The highest BCUT2D eigenvalue weighted by molar-refractivity contribution is 7.17. The largest absolute Gasteiger partial charge is 0.465 e. The first-order chi connectivity index (χ1) is 11.5. The monoisotopic (exact) mass is 344 g/mol. The second-order valence-corrected chi connectivity index (χ2v) is 6.89. The topological polar surface area (TPSA) is 72.6 Å². The van der Waals surface area contributed by atoms with Crippen LogP contribution in [0.25, 0.3) is 11.1 Å². The van der Waals surface area contributed by atoms with Crippen LogP contribution in [0.4, 0.5) is 10.7 Å². The molecule has 0 saturated heterocycles. The fourth-order valence-electron chi connectivity index (χ4n) is 3.22. The maximum Gasteiger partial charge on any atom is 0.341 e. The van der Waals surface area contributed by atoms with Crippen molar-refractivity contribution in [2.75, 3.05) is 24.3 Å². The van der Waals surface area contributed by atoms with Crippen molar-refractivity contribution in [2.24, 2.45) is 0 Å². The molecule has 1 aromatic carbocycles. The summed E-state index contributed by atoms with van der Waals surface area (Å²) in [5, 5.41) is 0.470. The molecule has 2 heterocycles. The molecule has 2 aromatic rings. The van der Waals surface area contributed by atoms with Crippen molar-refractivity contribution < 1.29 is 14.3 Å². The number of nitrogen functional groups attached to an aromatic ring is 1. The molecule has 0 fully saturated rings. The third-order valence-corrected chi connectivity index (χ3v) is 5.53. The molecule has 0 aliphatic carbocycles. The molecule has 0 spiro atoms. The summed E-state index contributed by atoms with van der Waals surface area (Å²) in [4.78, 5) is 26.9. The molecule has 2 N–H and O–H groups in total. The SMILES string of the molecule is CCc1sc(N)c(C(=O)OC)c1-c1ccc2c(c1)N(C(C)=O)CC2. The van der Waals surface area contributed by atoms with Gasteiger partial charge in [0.05, 0.1) is 7.11 Å². The van der Waals surface area contributed by atoms with Crippen LogP contribution in [0.2, 0.25) is 0 Å². The summed E-state index contributed by atoms with van der Waals surface area (Å²) in [5.41, 5.74) is 10.3. The second kappa shape index (κ2) is 6.28. The minimum Gasteiger partial charge on any atom is -0.465 e. The van der Waals surface area contributed by atoms with Gasteiger partial charge in [-0.15, -0.1) is 11.3 Å². The molecular weight excluding hydrogens is 324 g/mol. The highest BCUT2D eigenvalue weighted by atomic mass is 32.1. The molecule has 0 saturated carbocycles. The van der Waals surface area contributed by atoms with Gasteiger partial charge in [0.1, 0.15) is 10.6 Å². The number of hydrogen-bond acceptors (Lipinski definition) is 5. The summed E-state index contributed by atoms with van der Waals surface area (Å²) in [6.45, 7) is 4.30. The fraction of sp³-hybridized carbons (Fsp3) is 0.333. The first-order valence-electron chi connectivity index (χ1n) is 7.88. The van der Waals surface area contributed by atoms with Crippen LogP contribution in [0.15, 0.2) is 18.2 Å². The molecule has 0 bridgehead atoms. The standard InChI is InChI=1S/C18H20N2O3S/c1-4-14-15(16(17(19)24-14)18(22)23-3)12-6-5-11-7-8-20(10(2)21)13(11)9-12/h5-6,9H,4,7-8,19H2,1-3H3. The van der Waals surface area contributed by atoms with E-state index in [1.165, 1.54) is 18.4 Å². The number of carbonyl (C=O) groups is 2. The number of amides is 1. The Morgan fingerprint density at radius 3 is 2.75 bits per heavy atom. The lowest BCUT2D eigenvalue weighted by Crippen LogP contribution is -2.25. The van der Waals surface area contributed by atoms with Crippen LogP contribution in [0.3, 0.4) is 0 Å². The first kappa shape index (κ1) is 16.5. The predicted molar refractivity (Wildman–Crippen MR) is 96.6 cm³/mol. The molecule has 1 aliphatic heterocycles. The maximum atomic E-state index is 12.2. The van der Waals surface area contributed by atoms with E-state index in [2.05, 4.69) is 0 Å². The zero-order valence-corrected chi connectivity index (χ0v) is 14.8. The molecule has 24 heavy (non-hydrogen) atoms. The first-order valence-corrected chi connectivity index (χ1v) is 8.70. The number of ether oxygens (including phenoxy) is 1. The minimum absolute atomic E-state index is 0.0274. The summed E-state index contributed by atoms with van der Waals surface area (Å²) in [5.74, 6) is -0.401. The number of methoxy groups -OCH3 is 1. The van der Waals surface area contributed by atoms with Gasteiger partial charge in [0.15, 0.2) is 0 Å². The zero-order valence-electron chi connectivity index (χ0n) is 14.0. The third kappa shape index (κ3) is 2.57. The van der Waals surface area contributed by atoms with Gasteiger partial charge < -0.3 is 15.4 Å². The van der Waals surface area contributed by atoms with Crippen LogP contribution < -0.4 is 10.6 Å². The van der Waals surface area contributed by atoms with E-state index in [0.29, 0.717) is 17.1 Å². The number of carbonyl (C=O) groups excluding carboxylic acids is 2. The number of anilines is 2. The second-order valence-electron chi connectivity index (χ2n) is 5.75. The van der Waals surface area contributed by atoms with Crippen molar-refractivity contribution in [1.82, 2.24) is 0 Å². The number of benzene rings is 1. The predicted octanol–water partition coefficient (Wildman–Crippen LogP) is 3.26. The van der Waals surface area contributed by atoms with Crippen molar-refractivity contribution in [1.29, 1.82) is 0 Å². The van der Waals surface area contributed by atoms with Crippen LogP contribution >= 0.6 is 11.3 Å². The van der Waals surface area contributed by atoms with Gasteiger partial charge in [-0.1, -0.05) is 19.1 Å². The van der Waals surface area contributed by atoms with Crippen LogP contribution in [0.1, 0.15) is 34.6 Å². The summed E-state index contributed by atoms with van der Waals surface area (Å²) in [6, 6.07) is 6.01. The molecule has 126 valence electrons. The molecular formula is C18H20N2O3S. The Morgan fingerprint density at radius 2 is 2.12 bits per heavy atom. The van der Waals surface area contributed by atoms with Crippen LogP contribution in [0, 0.1) is 0 Å². The number of esters is 1. The third-order valence-electron chi connectivity index (χ3n) is 4.37. The normalized spacial score (nSPS) is 13.0. The minimum atomic E-state index is -0.428. The average Bonchev–Trinajstić information content (AvgIpc) is 3.14. The summed E-state index contributed by atoms with van der Waals surface area (Å²) >= 11 is 1.42. The number of aryl methyl sites for hydroxylation is 1. The van der Waals surface area contributed by atoms with Crippen LogP contribution in [-0.2, 0) is 22.4 Å². The highest BCUT2D eigenvalue weighted by Gasteiger charge is 2.27. The number of thiophene rings is 1. The molecule has 6 heteroatoms. The smallest absolute Gasteiger partial charge is 0.341 e. The molecule has 0 unspecified atom stereocenters. The lowest BCUT2D eigenvalue weighted by molar-refractivity contribution is -0.116. The molecule has 0 radical (unpaired) electrons. The van der Waals surface area contributed by atoms with Gasteiger partial charge in [0, 0.05) is 29.6 Å². The molecule has 0 atom stereocenters. The molecule has 1 aliphatic rings. The van der Waals surface area contributed by atoms with Gasteiger partial charge in [0.2, 0.25) is 5.91 Å². The van der Waals surface area contributed by atoms with Gasteiger partial charge in [-0.05, 0) is 30.0 Å². The van der Waals surface area contributed by atoms with Crippen molar-refractivity contribution in [2.45, 2.75) is 26.7 Å². The lowest BCUT2D eigenvalue weighted by atomic mass is 9.98. The van der Waals surface area contributed by atoms with Crippen molar-refractivity contribution in [3.8, 4) is 11.1 Å². The van der Waals surface area contributed by atoms with E-state index in [4.69, 9.17) is 10.5 Å². The Morgan fingerprint density at radius 1 is 1.38 bits per heavy atom. The molecule has 1 amide bonds.